The van der Waals surface area contributed by atoms with Crippen molar-refractivity contribution in [2.75, 3.05) is 6.54 Å². The summed E-state index contributed by atoms with van der Waals surface area (Å²) >= 11 is 5.38. The minimum Gasteiger partial charge on any atom is -0.310 e. The molecular weight excluding hydrogens is 330 g/mol. The van der Waals surface area contributed by atoms with Crippen LogP contribution in [-0.4, -0.2) is 6.54 Å². The number of nitrogens with one attached hydrogen (secondary N) is 1. The second-order valence-corrected chi connectivity index (χ2v) is 7.16. The summed E-state index contributed by atoms with van der Waals surface area (Å²) in [5.41, 5.74) is 4.23. The molecule has 0 saturated heterocycles. The minimum absolute atomic E-state index is 0.404. The minimum atomic E-state index is 0.404. The molecule has 2 rings (SSSR count). The van der Waals surface area contributed by atoms with Crippen molar-refractivity contribution < 1.29 is 0 Å². The van der Waals surface area contributed by atoms with E-state index in [-0.39, 0.29) is 0 Å². The van der Waals surface area contributed by atoms with Crippen LogP contribution in [0.15, 0.2) is 34.1 Å². The molecule has 1 unspecified atom stereocenters. The SMILES string of the molecule is CCCNC(Cc1cc(Br)cs1)c1c(C)cccc1C. The molecule has 0 fully saturated rings. The fourth-order valence-electron chi connectivity index (χ4n) is 2.63. The van der Waals surface area contributed by atoms with Gasteiger partial charge in [-0.2, -0.15) is 0 Å². The normalized spacial score (nSPS) is 12.6. The van der Waals surface area contributed by atoms with Crippen molar-refractivity contribution in [1.29, 1.82) is 0 Å². The molecule has 2 aromatic rings. The zero-order valence-corrected chi connectivity index (χ0v) is 14.8. The van der Waals surface area contributed by atoms with E-state index in [0.717, 1.165) is 19.4 Å². The summed E-state index contributed by atoms with van der Waals surface area (Å²) in [6.45, 7) is 7.71. The van der Waals surface area contributed by atoms with Crippen LogP contribution in [0.5, 0.6) is 0 Å². The highest BCUT2D eigenvalue weighted by molar-refractivity contribution is 9.10. The first kappa shape index (κ1) is 15.7. The van der Waals surface area contributed by atoms with E-state index in [4.69, 9.17) is 0 Å². The molecule has 1 N–H and O–H groups in total. The fourth-order valence-corrected chi connectivity index (χ4v) is 4.13. The van der Waals surface area contributed by atoms with Crippen molar-refractivity contribution in [3.8, 4) is 0 Å². The van der Waals surface area contributed by atoms with Crippen molar-refractivity contribution in [2.24, 2.45) is 0 Å². The number of rotatable bonds is 6. The van der Waals surface area contributed by atoms with E-state index in [0.29, 0.717) is 6.04 Å². The topological polar surface area (TPSA) is 12.0 Å². The number of hydrogen-bond acceptors (Lipinski definition) is 2. The van der Waals surface area contributed by atoms with E-state index in [1.54, 1.807) is 0 Å². The molecule has 0 aliphatic rings. The lowest BCUT2D eigenvalue weighted by Crippen LogP contribution is -2.25. The van der Waals surface area contributed by atoms with Crippen molar-refractivity contribution in [3.63, 3.8) is 0 Å². The first-order chi connectivity index (χ1) is 9.61. The van der Waals surface area contributed by atoms with Gasteiger partial charge in [-0.3, -0.25) is 0 Å². The second-order valence-electron chi connectivity index (χ2n) is 5.25. The lowest BCUT2D eigenvalue weighted by molar-refractivity contribution is 0.528. The fraction of sp³-hybridized carbons (Fsp3) is 0.412. The summed E-state index contributed by atoms with van der Waals surface area (Å²) in [5.74, 6) is 0. The van der Waals surface area contributed by atoms with Crippen LogP contribution < -0.4 is 5.32 Å². The second kappa shape index (κ2) is 7.39. The van der Waals surface area contributed by atoms with Crippen LogP contribution in [0, 0.1) is 13.8 Å². The molecule has 1 aromatic carbocycles. The van der Waals surface area contributed by atoms with Gasteiger partial charge in [-0.1, -0.05) is 25.1 Å². The summed E-state index contributed by atoms with van der Waals surface area (Å²) in [6.07, 6.45) is 2.22. The highest BCUT2D eigenvalue weighted by Crippen LogP contribution is 2.29. The molecule has 108 valence electrons. The largest absolute Gasteiger partial charge is 0.310 e. The molecule has 1 heterocycles. The van der Waals surface area contributed by atoms with Crippen LogP contribution in [0.4, 0.5) is 0 Å². The van der Waals surface area contributed by atoms with Crippen molar-refractivity contribution in [1.82, 2.24) is 5.32 Å². The third-order valence-corrected chi connectivity index (χ3v) is 5.28. The zero-order valence-electron chi connectivity index (χ0n) is 12.4. The van der Waals surface area contributed by atoms with E-state index in [9.17, 15) is 0 Å². The Hall–Kier alpha value is -0.640. The molecule has 20 heavy (non-hydrogen) atoms. The van der Waals surface area contributed by atoms with Gasteiger partial charge in [0, 0.05) is 27.2 Å². The van der Waals surface area contributed by atoms with Gasteiger partial charge in [-0.05, 0) is 65.5 Å². The smallest absolute Gasteiger partial charge is 0.0374 e. The number of hydrogen-bond donors (Lipinski definition) is 1. The predicted octanol–water partition coefficient (Wildman–Crippen LogP) is 5.41. The van der Waals surface area contributed by atoms with E-state index in [1.165, 1.54) is 26.0 Å². The number of halogens is 1. The standard InChI is InChI=1S/C17H22BrNS/c1-4-8-19-16(10-15-9-14(18)11-20-15)17-12(2)6-5-7-13(17)3/h5-7,9,11,16,19H,4,8,10H2,1-3H3. The number of aryl methyl sites for hydroxylation is 2. The quantitative estimate of drug-likeness (QED) is 0.733. The summed E-state index contributed by atoms with van der Waals surface area (Å²) in [6, 6.07) is 9.22. The van der Waals surface area contributed by atoms with Gasteiger partial charge in [-0.15, -0.1) is 11.3 Å². The van der Waals surface area contributed by atoms with Gasteiger partial charge >= 0.3 is 0 Å². The van der Waals surface area contributed by atoms with E-state index < -0.39 is 0 Å². The predicted molar refractivity (Wildman–Crippen MR) is 92.7 cm³/mol. The van der Waals surface area contributed by atoms with E-state index >= 15 is 0 Å². The molecule has 0 aliphatic carbocycles. The first-order valence-electron chi connectivity index (χ1n) is 7.14. The Bertz CT molecular complexity index is 542. The molecule has 0 radical (unpaired) electrons. The third kappa shape index (κ3) is 3.94. The molecular formula is C17H22BrNS. The average Bonchev–Trinajstić information content (AvgIpc) is 2.81. The molecule has 0 amide bonds. The van der Waals surface area contributed by atoms with Crippen molar-refractivity contribution in [2.45, 2.75) is 39.7 Å². The van der Waals surface area contributed by atoms with Gasteiger partial charge in [0.25, 0.3) is 0 Å². The molecule has 1 nitrogen and oxygen atoms in total. The number of thiophene rings is 1. The number of benzene rings is 1. The molecule has 1 aromatic heterocycles. The van der Waals surface area contributed by atoms with Crippen LogP contribution in [0.1, 0.15) is 41.0 Å². The van der Waals surface area contributed by atoms with Gasteiger partial charge in [0.1, 0.15) is 0 Å². The van der Waals surface area contributed by atoms with Gasteiger partial charge in [-0.25, -0.2) is 0 Å². The van der Waals surface area contributed by atoms with Crippen molar-refractivity contribution in [3.05, 3.63) is 55.7 Å². The molecule has 0 saturated carbocycles. The van der Waals surface area contributed by atoms with Gasteiger partial charge in [0.15, 0.2) is 0 Å². The van der Waals surface area contributed by atoms with Gasteiger partial charge in [0.2, 0.25) is 0 Å². The molecule has 0 bridgehead atoms. The average molecular weight is 352 g/mol. The van der Waals surface area contributed by atoms with Crippen LogP contribution in [0.3, 0.4) is 0 Å². The highest BCUT2D eigenvalue weighted by Gasteiger charge is 2.16. The Kier molecular flexibility index (Phi) is 5.82. The van der Waals surface area contributed by atoms with Gasteiger partial charge in [0.05, 0.1) is 0 Å². The molecule has 1 atom stereocenters. The Morgan fingerprint density at radius 2 is 1.95 bits per heavy atom. The lowest BCUT2D eigenvalue weighted by atomic mass is 9.93. The molecule has 0 aliphatic heterocycles. The summed E-state index contributed by atoms with van der Waals surface area (Å²) in [7, 11) is 0. The van der Waals surface area contributed by atoms with Crippen LogP contribution in [-0.2, 0) is 6.42 Å². The maximum Gasteiger partial charge on any atom is 0.0374 e. The van der Waals surface area contributed by atoms with Crippen LogP contribution in [0.2, 0.25) is 0 Å². The Morgan fingerprint density at radius 1 is 1.25 bits per heavy atom. The molecule has 3 heteroatoms. The monoisotopic (exact) mass is 351 g/mol. The zero-order chi connectivity index (χ0) is 14.5. The first-order valence-corrected chi connectivity index (χ1v) is 8.81. The maximum absolute atomic E-state index is 3.72. The maximum atomic E-state index is 3.72. The van der Waals surface area contributed by atoms with Crippen LogP contribution in [0.25, 0.3) is 0 Å². The molecule has 0 spiro atoms. The van der Waals surface area contributed by atoms with Crippen molar-refractivity contribution >= 4 is 27.3 Å². The van der Waals surface area contributed by atoms with E-state index in [1.807, 2.05) is 11.3 Å². The van der Waals surface area contributed by atoms with E-state index in [2.05, 4.69) is 71.7 Å². The van der Waals surface area contributed by atoms with Crippen LogP contribution >= 0.6 is 27.3 Å². The summed E-state index contributed by atoms with van der Waals surface area (Å²) in [5, 5.41) is 5.88. The lowest BCUT2D eigenvalue weighted by Gasteiger charge is -2.22. The summed E-state index contributed by atoms with van der Waals surface area (Å²) < 4.78 is 1.19. The Morgan fingerprint density at radius 3 is 2.50 bits per heavy atom. The highest BCUT2D eigenvalue weighted by atomic mass is 79.9. The summed E-state index contributed by atoms with van der Waals surface area (Å²) in [4.78, 5) is 1.42. The Labute approximate surface area is 134 Å². The van der Waals surface area contributed by atoms with Gasteiger partial charge < -0.3 is 5.32 Å². The Balaban J connectivity index is 2.27. The third-order valence-electron chi connectivity index (χ3n) is 3.56.